The number of hydrogen-bond donors (Lipinski definition) is 0. The molecule has 1 aliphatic heterocycles. The van der Waals surface area contributed by atoms with Crippen LogP contribution in [0.3, 0.4) is 0 Å². The van der Waals surface area contributed by atoms with Crippen molar-refractivity contribution in [2.24, 2.45) is 0 Å². The molecule has 1 saturated heterocycles. The highest BCUT2D eigenvalue weighted by atomic mass is 16.5. The van der Waals surface area contributed by atoms with Crippen molar-refractivity contribution in [3.8, 4) is 0 Å². The van der Waals surface area contributed by atoms with Crippen LogP contribution >= 0.6 is 0 Å². The van der Waals surface area contributed by atoms with Gasteiger partial charge < -0.3 is 9.64 Å². The molecule has 2 aromatic carbocycles. The summed E-state index contributed by atoms with van der Waals surface area (Å²) in [6.07, 6.45) is 0.444. The molecule has 1 fully saturated rings. The smallest absolute Gasteiger partial charge is 0.227 e. The van der Waals surface area contributed by atoms with Gasteiger partial charge in [-0.3, -0.25) is 4.79 Å². The van der Waals surface area contributed by atoms with Crippen LogP contribution < -0.4 is 0 Å². The zero-order valence-electron chi connectivity index (χ0n) is 12.9. The monoisotopic (exact) mass is 295 g/mol. The van der Waals surface area contributed by atoms with Crippen molar-refractivity contribution in [2.45, 2.75) is 19.4 Å². The maximum absolute atomic E-state index is 12.5. The molecule has 0 saturated carbocycles. The van der Waals surface area contributed by atoms with Gasteiger partial charge in [-0.25, -0.2) is 0 Å². The Kier molecular flexibility index (Phi) is 4.54. The summed E-state index contributed by atoms with van der Waals surface area (Å²) in [6.45, 7) is 3.95. The quantitative estimate of drug-likeness (QED) is 0.870. The van der Waals surface area contributed by atoms with Crippen molar-refractivity contribution >= 4 is 5.91 Å². The lowest BCUT2D eigenvalue weighted by Crippen LogP contribution is -2.42. The van der Waals surface area contributed by atoms with Crippen molar-refractivity contribution < 1.29 is 9.53 Å². The summed E-state index contributed by atoms with van der Waals surface area (Å²) in [5, 5.41) is 0. The molecule has 3 nitrogen and oxygen atoms in total. The van der Waals surface area contributed by atoms with Gasteiger partial charge in [0.1, 0.15) is 6.10 Å². The predicted octanol–water partition coefficient (Wildman–Crippen LogP) is 3.14. The Hall–Kier alpha value is -2.13. The molecule has 3 heteroatoms. The second kappa shape index (κ2) is 6.75. The molecule has 0 bridgehead atoms. The third-order valence-corrected chi connectivity index (χ3v) is 4.03. The van der Waals surface area contributed by atoms with Crippen LogP contribution in [0.5, 0.6) is 0 Å². The Morgan fingerprint density at radius 2 is 2.00 bits per heavy atom. The lowest BCUT2D eigenvalue weighted by Gasteiger charge is -2.33. The van der Waals surface area contributed by atoms with Gasteiger partial charge >= 0.3 is 0 Å². The van der Waals surface area contributed by atoms with E-state index in [0.29, 0.717) is 26.1 Å². The van der Waals surface area contributed by atoms with Gasteiger partial charge in [-0.2, -0.15) is 0 Å². The Morgan fingerprint density at radius 3 is 2.77 bits per heavy atom. The van der Waals surface area contributed by atoms with Crippen molar-refractivity contribution in [3.05, 3.63) is 71.3 Å². The summed E-state index contributed by atoms with van der Waals surface area (Å²) in [7, 11) is 0. The van der Waals surface area contributed by atoms with E-state index in [1.807, 2.05) is 48.2 Å². The molecule has 0 aliphatic carbocycles. The molecule has 0 aromatic heterocycles. The maximum Gasteiger partial charge on any atom is 0.227 e. The molecule has 1 heterocycles. The third kappa shape index (κ3) is 3.55. The fourth-order valence-electron chi connectivity index (χ4n) is 2.85. The number of morpholine rings is 1. The molecule has 0 N–H and O–H groups in total. The van der Waals surface area contributed by atoms with E-state index in [1.54, 1.807) is 0 Å². The van der Waals surface area contributed by atoms with Gasteiger partial charge in [-0.1, -0.05) is 60.2 Å². The molecular weight excluding hydrogens is 274 g/mol. The topological polar surface area (TPSA) is 29.5 Å². The second-order valence-corrected chi connectivity index (χ2v) is 5.78. The van der Waals surface area contributed by atoms with Crippen LogP contribution in [0.15, 0.2) is 54.6 Å². The highest BCUT2D eigenvalue weighted by molar-refractivity contribution is 5.79. The van der Waals surface area contributed by atoms with Crippen LogP contribution in [0.1, 0.15) is 22.8 Å². The van der Waals surface area contributed by atoms with Crippen molar-refractivity contribution in [3.63, 3.8) is 0 Å². The normalized spacial score (nSPS) is 18.2. The molecule has 114 valence electrons. The number of nitrogens with zero attached hydrogens (tertiary/aromatic N) is 1. The van der Waals surface area contributed by atoms with Crippen LogP contribution in [0.25, 0.3) is 0 Å². The van der Waals surface area contributed by atoms with E-state index in [0.717, 1.165) is 11.1 Å². The highest BCUT2D eigenvalue weighted by Crippen LogP contribution is 2.22. The zero-order valence-corrected chi connectivity index (χ0v) is 12.9. The molecule has 1 aliphatic rings. The van der Waals surface area contributed by atoms with Crippen LogP contribution in [0.2, 0.25) is 0 Å². The van der Waals surface area contributed by atoms with Gasteiger partial charge in [-0.05, 0) is 18.1 Å². The first-order valence-corrected chi connectivity index (χ1v) is 7.72. The van der Waals surface area contributed by atoms with Gasteiger partial charge in [0, 0.05) is 6.54 Å². The van der Waals surface area contributed by atoms with Crippen LogP contribution in [0.4, 0.5) is 0 Å². The van der Waals surface area contributed by atoms with E-state index in [9.17, 15) is 4.79 Å². The first kappa shape index (κ1) is 14.8. The number of ether oxygens (including phenoxy) is 1. The predicted molar refractivity (Wildman–Crippen MR) is 86.6 cm³/mol. The summed E-state index contributed by atoms with van der Waals surface area (Å²) >= 11 is 0. The molecule has 22 heavy (non-hydrogen) atoms. The third-order valence-electron chi connectivity index (χ3n) is 4.03. The maximum atomic E-state index is 12.5. The molecule has 1 amide bonds. The van der Waals surface area contributed by atoms with Gasteiger partial charge in [0.25, 0.3) is 0 Å². The van der Waals surface area contributed by atoms with Gasteiger partial charge in [0.15, 0.2) is 0 Å². The van der Waals surface area contributed by atoms with E-state index < -0.39 is 0 Å². The summed E-state index contributed by atoms with van der Waals surface area (Å²) < 4.78 is 5.82. The zero-order chi connectivity index (χ0) is 15.4. The van der Waals surface area contributed by atoms with Crippen LogP contribution in [-0.4, -0.2) is 30.5 Å². The van der Waals surface area contributed by atoms with Gasteiger partial charge in [0.2, 0.25) is 5.91 Å². The molecule has 3 rings (SSSR count). The number of aryl methyl sites for hydroxylation is 1. The van der Waals surface area contributed by atoms with E-state index in [2.05, 4.69) is 18.2 Å². The average molecular weight is 295 g/mol. The second-order valence-electron chi connectivity index (χ2n) is 5.78. The highest BCUT2D eigenvalue weighted by Gasteiger charge is 2.25. The summed E-state index contributed by atoms with van der Waals surface area (Å²) in [5.74, 6) is 0.176. The summed E-state index contributed by atoms with van der Waals surface area (Å²) in [4.78, 5) is 14.4. The lowest BCUT2D eigenvalue weighted by atomic mass is 10.1. The number of rotatable bonds is 3. The molecular formula is C19H21NO2. The fourth-order valence-corrected chi connectivity index (χ4v) is 2.85. The number of carbonyl (C=O) groups is 1. The first-order valence-electron chi connectivity index (χ1n) is 7.72. The Labute approximate surface area is 131 Å². The van der Waals surface area contributed by atoms with Crippen molar-refractivity contribution in [2.75, 3.05) is 19.7 Å². The van der Waals surface area contributed by atoms with E-state index in [4.69, 9.17) is 4.74 Å². The molecule has 0 spiro atoms. The van der Waals surface area contributed by atoms with Crippen LogP contribution in [0, 0.1) is 6.92 Å². The SMILES string of the molecule is Cc1cccc(CC(=O)N2CCOC(c3ccccc3)C2)c1. The number of amides is 1. The summed E-state index contributed by atoms with van der Waals surface area (Å²) in [6, 6.07) is 18.3. The number of benzene rings is 2. The van der Waals surface area contributed by atoms with Crippen molar-refractivity contribution in [1.29, 1.82) is 0 Å². The van der Waals surface area contributed by atoms with Crippen molar-refractivity contribution in [1.82, 2.24) is 4.90 Å². The minimum absolute atomic E-state index is 0.0172. The first-order chi connectivity index (χ1) is 10.7. The Bertz CT molecular complexity index is 639. The number of carbonyl (C=O) groups excluding carboxylic acids is 1. The van der Waals surface area contributed by atoms with Crippen LogP contribution in [-0.2, 0) is 16.0 Å². The number of hydrogen-bond acceptors (Lipinski definition) is 2. The van der Waals surface area contributed by atoms with E-state index in [-0.39, 0.29) is 12.0 Å². The minimum Gasteiger partial charge on any atom is -0.370 e. The summed E-state index contributed by atoms with van der Waals surface area (Å²) in [5.41, 5.74) is 3.40. The molecule has 2 aromatic rings. The molecule has 0 radical (unpaired) electrons. The molecule has 1 atom stereocenters. The largest absolute Gasteiger partial charge is 0.370 e. The molecule has 1 unspecified atom stereocenters. The minimum atomic E-state index is -0.0172. The Morgan fingerprint density at radius 1 is 1.18 bits per heavy atom. The van der Waals surface area contributed by atoms with Gasteiger partial charge in [-0.15, -0.1) is 0 Å². The van der Waals surface area contributed by atoms with Gasteiger partial charge in [0.05, 0.1) is 19.6 Å². The van der Waals surface area contributed by atoms with E-state index >= 15 is 0 Å². The lowest BCUT2D eigenvalue weighted by molar-refractivity contribution is -0.138. The average Bonchev–Trinajstić information content (AvgIpc) is 2.56. The Balaban J connectivity index is 1.65. The fraction of sp³-hybridized carbons (Fsp3) is 0.316. The standard InChI is InChI=1S/C19H21NO2/c1-15-6-5-7-16(12-15)13-19(21)20-10-11-22-18(14-20)17-8-3-2-4-9-17/h2-9,12,18H,10-11,13-14H2,1H3. The van der Waals surface area contributed by atoms with E-state index in [1.165, 1.54) is 5.56 Å².